The summed E-state index contributed by atoms with van der Waals surface area (Å²) in [4.78, 5) is 15.3. The lowest BCUT2D eigenvalue weighted by Crippen LogP contribution is -2.15. The van der Waals surface area contributed by atoms with Gasteiger partial charge in [-0.05, 0) is 24.3 Å². The first-order valence-corrected chi connectivity index (χ1v) is 5.53. The average molecular weight is 271 g/mol. The molecule has 2 rings (SSSR count). The fourth-order valence-electron chi connectivity index (χ4n) is 1.61. The number of halogens is 1. The molecule has 20 heavy (non-hydrogen) atoms. The summed E-state index contributed by atoms with van der Waals surface area (Å²) < 4.78 is 13.0. The van der Waals surface area contributed by atoms with Crippen LogP contribution in [0.4, 0.5) is 21.6 Å². The lowest BCUT2D eigenvalue weighted by atomic mass is 10.1. The van der Waals surface area contributed by atoms with E-state index in [1.165, 1.54) is 24.4 Å². The van der Waals surface area contributed by atoms with E-state index in [1.807, 2.05) is 6.07 Å². The number of hydrogen-bond donors (Lipinski definition) is 3. The summed E-state index contributed by atoms with van der Waals surface area (Å²) in [7, 11) is 0. The number of hydrogen-bond acceptors (Lipinski definition) is 5. The SMILES string of the molecule is N#Cc1cc(F)ccc1Nc1ncc(N)cc1C(N)=O. The Labute approximate surface area is 113 Å². The second kappa shape index (κ2) is 5.24. The predicted molar refractivity (Wildman–Crippen MR) is 71.6 cm³/mol. The van der Waals surface area contributed by atoms with Crippen molar-refractivity contribution in [1.29, 1.82) is 5.26 Å². The van der Waals surface area contributed by atoms with Crippen LogP contribution in [-0.4, -0.2) is 10.9 Å². The van der Waals surface area contributed by atoms with Crippen LogP contribution in [0.3, 0.4) is 0 Å². The van der Waals surface area contributed by atoms with E-state index >= 15 is 0 Å². The van der Waals surface area contributed by atoms with Gasteiger partial charge in [0.2, 0.25) is 0 Å². The van der Waals surface area contributed by atoms with Crippen LogP contribution >= 0.6 is 0 Å². The van der Waals surface area contributed by atoms with Gasteiger partial charge in [-0.15, -0.1) is 0 Å². The Hall–Kier alpha value is -3.14. The minimum atomic E-state index is -0.715. The number of carbonyl (C=O) groups excluding carboxylic acids is 1. The highest BCUT2D eigenvalue weighted by Crippen LogP contribution is 2.23. The maximum Gasteiger partial charge on any atom is 0.252 e. The molecule has 0 fully saturated rings. The van der Waals surface area contributed by atoms with Gasteiger partial charge in [-0.25, -0.2) is 9.37 Å². The van der Waals surface area contributed by atoms with E-state index in [9.17, 15) is 9.18 Å². The Bertz CT molecular complexity index is 723. The third kappa shape index (κ3) is 2.64. The molecular weight excluding hydrogens is 261 g/mol. The highest BCUT2D eigenvalue weighted by atomic mass is 19.1. The largest absolute Gasteiger partial charge is 0.397 e. The molecule has 1 heterocycles. The molecule has 1 aromatic carbocycles. The molecule has 0 aliphatic heterocycles. The van der Waals surface area contributed by atoms with Crippen molar-refractivity contribution in [3.63, 3.8) is 0 Å². The zero-order chi connectivity index (χ0) is 14.7. The number of primary amides is 1. The van der Waals surface area contributed by atoms with Gasteiger partial charge in [0.1, 0.15) is 17.7 Å². The number of nitrogens with two attached hydrogens (primary N) is 2. The maximum absolute atomic E-state index is 13.0. The van der Waals surface area contributed by atoms with Crippen LogP contribution in [0.2, 0.25) is 0 Å². The Kier molecular flexibility index (Phi) is 3.48. The Morgan fingerprint density at radius 2 is 2.15 bits per heavy atom. The van der Waals surface area contributed by atoms with Crippen LogP contribution in [0, 0.1) is 17.1 Å². The number of anilines is 3. The molecule has 2 aromatic rings. The van der Waals surface area contributed by atoms with E-state index in [4.69, 9.17) is 16.7 Å². The summed E-state index contributed by atoms with van der Waals surface area (Å²) in [5, 5.41) is 11.7. The van der Waals surface area contributed by atoms with E-state index in [0.29, 0.717) is 5.69 Å². The highest BCUT2D eigenvalue weighted by Gasteiger charge is 2.12. The lowest BCUT2D eigenvalue weighted by molar-refractivity contribution is 0.100. The molecule has 0 aliphatic rings. The smallest absolute Gasteiger partial charge is 0.252 e. The van der Waals surface area contributed by atoms with Crippen molar-refractivity contribution >= 4 is 23.1 Å². The highest BCUT2D eigenvalue weighted by molar-refractivity contribution is 5.99. The fraction of sp³-hybridized carbons (Fsp3) is 0. The van der Waals surface area contributed by atoms with Gasteiger partial charge in [-0.3, -0.25) is 4.79 Å². The number of nitrogens with one attached hydrogen (secondary N) is 1. The topological polar surface area (TPSA) is 118 Å². The summed E-state index contributed by atoms with van der Waals surface area (Å²) in [5.41, 5.74) is 11.5. The number of rotatable bonds is 3. The number of nitriles is 1. The van der Waals surface area contributed by atoms with Crippen molar-refractivity contribution < 1.29 is 9.18 Å². The van der Waals surface area contributed by atoms with Crippen molar-refractivity contribution in [1.82, 2.24) is 4.98 Å². The number of benzene rings is 1. The van der Waals surface area contributed by atoms with Crippen molar-refractivity contribution in [3.8, 4) is 6.07 Å². The van der Waals surface area contributed by atoms with Gasteiger partial charge in [0, 0.05) is 0 Å². The molecule has 0 saturated carbocycles. The third-order valence-corrected chi connectivity index (χ3v) is 2.53. The molecule has 0 spiro atoms. The Morgan fingerprint density at radius 1 is 1.40 bits per heavy atom. The number of amides is 1. The van der Waals surface area contributed by atoms with Crippen LogP contribution < -0.4 is 16.8 Å². The first kappa shape index (κ1) is 13.3. The summed E-state index contributed by atoms with van der Waals surface area (Å²) in [6.45, 7) is 0. The molecule has 0 radical (unpaired) electrons. The van der Waals surface area contributed by atoms with E-state index in [1.54, 1.807) is 0 Å². The normalized spacial score (nSPS) is 9.80. The molecule has 0 saturated heterocycles. The number of nitrogens with zero attached hydrogens (tertiary/aromatic N) is 2. The molecule has 0 atom stereocenters. The molecule has 0 bridgehead atoms. The van der Waals surface area contributed by atoms with E-state index in [0.717, 1.165) is 6.07 Å². The van der Waals surface area contributed by atoms with Crippen molar-refractivity contribution in [2.24, 2.45) is 5.73 Å². The molecule has 0 aliphatic carbocycles. The monoisotopic (exact) mass is 271 g/mol. The van der Waals surface area contributed by atoms with Gasteiger partial charge in [0.25, 0.3) is 5.91 Å². The molecule has 5 N–H and O–H groups in total. The summed E-state index contributed by atoms with van der Waals surface area (Å²) >= 11 is 0. The van der Waals surface area contributed by atoms with Crippen LogP contribution in [0.25, 0.3) is 0 Å². The van der Waals surface area contributed by atoms with Crippen LogP contribution in [0.15, 0.2) is 30.5 Å². The van der Waals surface area contributed by atoms with Crippen LogP contribution in [0.5, 0.6) is 0 Å². The zero-order valence-corrected chi connectivity index (χ0v) is 10.2. The summed E-state index contributed by atoms with van der Waals surface area (Å²) in [5.74, 6) is -1.10. The van der Waals surface area contributed by atoms with Gasteiger partial charge in [0.15, 0.2) is 0 Å². The first-order valence-electron chi connectivity index (χ1n) is 5.53. The molecular formula is C13H10FN5O. The second-order valence-corrected chi connectivity index (χ2v) is 3.96. The quantitative estimate of drug-likeness (QED) is 0.782. The molecule has 1 aromatic heterocycles. The van der Waals surface area contributed by atoms with Gasteiger partial charge < -0.3 is 16.8 Å². The first-order chi connectivity index (χ1) is 9.51. The maximum atomic E-state index is 13.0. The van der Waals surface area contributed by atoms with Crippen molar-refractivity contribution in [2.45, 2.75) is 0 Å². The number of pyridine rings is 1. The standard InChI is InChI=1S/C13H10FN5O/c14-8-1-2-11(7(3-8)5-15)19-13-10(12(17)20)4-9(16)6-18-13/h1-4,6H,16H2,(H2,17,20)(H,18,19). The van der Waals surface area contributed by atoms with E-state index < -0.39 is 11.7 Å². The number of aromatic nitrogens is 1. The van der Waals surface area contributed by atoms with E-state index in [2.05, 4.69) is 10.3 Å². The van der Waals surface area contributed by atoms with Crippen LogP contribution in [0.1, 0.15) is 15.9 Å². The minimum absolute atomic E-state index is 0.0817. The number of nitrogen functional groups attached to an aromatic ring is 1. The Balaban J connectivity index is 2.45. The number of carbonyl (C=O) groups is 1. The predicted octanol–water partition coefficient (Wildman–Crippen LogP) is 1.52. The fourth-order valence-corrected chi connectivity index (χ4v) is 1.61. The van der Waals surface area contributed by atoms with Gasteiger partial charge >= 0.3 is 0 Å². The molecule has 1 amide bonds. The zero-order valence-electron chi connectivity index (χ0n) is 10.2. The van der Waals surface area contributed by atoms with Crippen molar-refractivity contribution in [2.75, 3.05) is 11.1 Å². The third-order valence-electron chi connectivity index (χ3n) is 2.53. The van der Waals surface area contributed by atoms with Gasteiger partial charge in [-0.1, -0.05) is 0 Å². The average Bonchev–Trinajstić information content (AvgIpc) is 2.42. The summed E-state index contributed by atoms with van der Waals surface area (Å²) in [6, 6.07) is 6.84. The van der Waals surface area contributed by atoms with Crippen LogP contribution in [-0.2, 0) is 0 Å². The molecule has 6 nitrogen and oxygen atoms in total. The lowest BCUT2D eigenvalue weighted by Gasteiger charge is -2.10. The van der Waals surface area contributed by atoms with Gasteiger partial charge in [-0.2, -0.15) is 5.26 Å². The second-order valence-electron chi connectivity index (χ2n) is 3.96. The molecule has 7 heteroatoms. The minimum Gasteiger partial charge on any atom is -0.397 e. The molecule has 100 valence electrons. The van der Waals surface area contributed by atoms with Gasteiger partial charge in [0.05, 0.1) is 28.7 Å². The van der Waals surface area contributed by atoms with Crippen molar-refractivity contribution in [3.05, 3.63) is 47.4 Å². The van der Waals surface area contributed by atoms with E-state index in [-0.39, 0.29) is 22.6 Å². The molecule has 0 unspecified atom stereocenters. The Morgan fingerprint density at radius 3 is 2.80 bits per heavy atom. The summed E-state index contributed by atoms with van der Waals surface area (Å²) in [6.07, 6.45) is 1.34.